The summed E-state index contributed by atoms with van der Waals surface area (Å²) >= 11 is 0. The lowest BCUT2D eigenvalue weighted by molar-refractivity contribution is -0.119. The Morgan fingerprint density at radius 2 is 2.04 bits per heavy atom. The van der Waals surface area contributed by atoms with Crippen LogP contribution >= 0.6 is 0 Å². The molecule has 0 atom stereocenters. The third-order valence-electron chi connectivity index (χ3n) is 3.63. The Morgan fingerprint density at radius 3 is 2.81 bits per heavy atom. The molecule has 0 unspecified atom stereocenters. The van der Waals surface area contributed by atoms with Gasteiger partial charge in [-0.05, 0) is 30.3 Å². The van der Waals surface area contributed by atoms with Crippen LogP contribution in [0.25, 0.3) is 11.0 Å². The number of aromatic amines is 1. The lowest BCUT2D eigenvalue weighted by Gasteiger charge is -2.07. The van der Waals surface area contributed by atoms with Crippen LogP contribution in [0.3, 0.4) is 0 Å². The third kappa shape index (κ3) is 4.10. The number of carbonyl (C=O) groups is 2. The number of nitrogens with one attached hydrogen (secondary N) is 2. The van der Waals surface area contributed by atoms with Gasteiger partial charge in [-0.15, -0.1) is 0 Å². The normalized spacial score (nSPS) is 10.5. The van der Waals surface area contributed by atoms with Crippen LogP contribution in [0.4, 0.5) is 0 Å². The first-order valence-electron chi connectivity index (χ1n) is 7.87. The van der Waals surface area contributed by atoms with E-state index < -0.39 is 5.91 Å². The zero-order valence-electron chi connectivity index (χ0n) is 14.1. The van der Waals surface area contributed by atoms with Gasteiger partial charge in [0, 0.05) is 11.6 Å². The summed E-state index contributed by atoms with van der Waals surface area (Å²) in [5.41, 5.74) is 7.06. The first kappa shape index (κ1) is 17.3. The molecule has 0 spiro atoms. The van der Waals surface area contributed by atoms with Crippen LogP contribution in [-0.4, -0.2) is 35.5 Å². The number of amides is 2. The van der Waals surface area contributed by atoms with E-state index in [1.807, 2.05) is 18.2 Å². The molecule has 0 saturated carbocycles. The molecule has 0 aliphatic heterocycles. The molecule has 0 radical (unpaired) electrons. The number of hydrogen-bond acceptors (Lipinski definition) is 5. The SMILES string of the molecule is COc1ccc2nc(CNC(=O)c3cccc(OCC(N)=O)c3)[nH]c2c1. The Labute approximate surface area is 149 Å². The van der Waals surface area contributed by atoms with Crippen molar-refractivity contribution < 1.29 is 19.1 Å². The van der Waals surface area contributed by atoms with E-state index in [9.17, 15) is 9.59 Å². The van der Waals surface area contributed by atoms with Crippen LogP contribution in [0.1, 0.15) is 16.2 Å². The van der Waals surface area contributed by atoms with Crippen molar-refractivity contribution in [1.29, 1.82) is 0 Å². The topological polar surface area (TPSA) is 119 Å². The van der Waals surface area contributed by atoms with Gasteiger partial charge in [0.05, 0.1) is 24.7 Å². The van der Waals surface area contributed by atoms with Crippen LogP contribution in [0.5, 0.6) is 11.5 Å². The molecule has 0 fully saturated rings. The van der Waals surface area contributed by atoms with Gasteiger partial charge >= 0.3 is 0 Å². The molecule has 0 aliphatic carbocycles. The largest absolute Gasteiger partial charge is 0.497 e. The highest BCUT2D eigenvalue weighted by atomic mass is 16.5. The van der Waals surface area contributed by atoms with Gasteiger partial charge in [-0.3, -0.25) is 9.59 Å². The lowest BCUT2D eigenvalue weighted by atomic mass is 10.2. The molecule has 26 heavy (non-hydrogen) atoms. The maximum Gasteiger partial charge on any atom is 0.255 e. The standard InChI is InChI=1S/C18H18N4O4/c1-25-12-5-6-14-15(8-12)22-17(21-14)9-20-18(24)11-3-2-4-13(7-11)26-10-16(19)23/h2-8H,9-10H2,1H3,(H2,19,23)(H,20,24)(H,21,22). The molecular weight excluding hydrogens is 336 g/mol. The van der Waals surface area contributed by atoms with Crippen LogP contribution in [0.2, 0.25) is 0 Å². The van der Waals surface area contributed by atoms with E-state index in [0.29, 0.717) is 17.1 Å². The van der Waals surface area contributed by atoms with Crippen molar-refractivity contribution in [3.8, 4) is 11.5 Å². The molecule has 8 nitrogen and oxygen atoms in total. The predicted molar refractivity (Wildman–Crippen MR) is 94.9 cm³/mol. The zero-order chi connectivity index (χ0) is 18.5. The summed E-state index contributed by atoms with van der Waals surface area (Å²) in [6.07, 6.45) is 0. The quantitative estimate of drug-likeness (QED) is 0.592. The van der Waals surface area contributed by atoms with Crippen molar-refractivity contribution in [1.82, 2.24) is 15.3 Å². The second-order valence-corrected chi connectivity index (χ2v) is 5.53. The van der Waals surface area contributed by atoms with Crippen LogP contribution in [-0.2, 0) is 11.3 Å². The highest BCUT2D eigenvalue weighted by Crippen LogP contribution is 2.19. The number of hydrogen-bond donors (Lipinski definition) is 3. The van der Waals surface area contributed by atoms with Crippen molar-refractivity contribution >= 4 is 22.8 Å². The minimum Gasteiger partial charge on any atom is -0.497 e. The van der Waals surface area contributed by atoms with E-state index >= 15 is 0 Å². The molecule has 2 amide bonds. The fourth-order valence-corrected chi connectivity index (χ4v) is 2.40. The number of ether oxygens (including phenoxy) is 2. The molecule has 134 valence electrons. The number of fused-ring (bicyclic) bond motifs is 1. The Kier molecular flexibility index (Phi) is 5.02. The number of nitrogens with two attached hydrogens (primary N) is 1. The number of rotatable bonds is 7. The second kappa shape index (κ2) is 7.56. The molecule has 8 heteroatoms. The molecule has 0 aliphatic rings. The van der Waals surface area contributed by atoms with Crippen LogP contribution in [0.15, 0.2) is 42.5 Å². The molecule has 0 saturated heterocycles. The highest BCUT2D eigenvalue weighted by Gasteiger charge is 2.09. The van der Waals surface area contributed by atoms with E-state index in [2.05, 4.69) is 15.3 Å². The molecule has 0 bridgehead atoms. The van der Waals surface area contributed by atoms with E-state index in [-0.39, 0.29) is 19.1 Å². The van der Waals surface area contributed by atoms with Gasteiger partial charge in [0.15, 0.2) is 6.61 Å². The van der Waals surface area contributed by atoms with Gasteiger partial charge < -0.3 is 25.5 Å². The number of H-pyrrole nitrogens is 1. The van der Waals surface area contributed by atoms with Crippen molar-refractivity contribution in [2.24, 2.45) is 5.73 Å². The molecule has 1 aromatic heterocycles. The lowest BCUT2D eigenvalue weighted by Crippen LogP contribution is -2.23. The molecule has 2 aromatic carbocycles. The Balaban J connectivity index is 1.65. The highest BCUT2D eigenvalue weighted by molar-refractivity contribution is 5.94. The minimum absolute atomic E-state index is 0.238. The number of benzene rings is 2. The van der Waals surface area contributed by atoms with Gasteiger partial charge in [0.2, 0.25) is 0 Å². The summed E-state index contributed by atoms with van der Waals surface area (Å²) in [6, 6.07) is 12.0. The van der Waals surface area contributed by atoms with Crippen molar-refractivity contribution in [2.75, 3.05) is 13.7 Å². The average molecular weight is 354 g/mol. The second-order valence-electron chi connectivity index (χ2n) is 5.53. The van der Waals surface area contributed by atoms with Gasteiger partial charge in [-0.1, -0.05) is 6.07 Å². The Hall–Kier alpha value is -3.55. The fourth-order valence-electron chi connectivity index (χ4n) is 2.40. The van der Waals surface area contributed by atoms with E-state index in [1.54, 1.807) is 31.4 Å². The van der Waals surface area contributed by atoms with Gasteiger partial charge in [0.1, 0.15) is 17.3 Å². The zero-order valence-corrected chi connectivity index (χ0v) is 14.1. The summed E-state index contributed by atoms with van der Waals surface area (Å²) in [6.45, 7) is -0.00425. The van der Waals surface area contributed by atoms with Crippen molar-refractivity contribution in [3.05, 3.63) is 53.9 Å². The summed E-state index contributed by atoms with van der Waals surface area (Å²) in [7, 11) is 1.60. The number of imidazole rings is 1. The Morgan fingerprint density at radius 1 is 1.19 bits per heavy atom. The van der Waals surface area contributed by atoms with Crippen molar-refractivity contribution in [2.45, 2.75) is 6.54 Å². The first-order valence-corrected chi connectivity index (χ1v) is 7.87. The van der Waals surface area contributed by atoms with Crippen LogP contribution < -0.4 is 20.5 Å². The van der Waals surface area contributed by atoms with Crippen LogP contribution in [0, 0.1) is 0 Å². The summed E-state index contributed by atoms with van der Waals surface area (Å²) in [4.78, 5) is 30.6. The maximum atomic E-state index is 12.3. The fraction of sp³-hybridized carbons (Fsp3) is 0.167. The number of methoxy groups -OCH3 is 1. The van der Waals surface area contributed by atoms with E-state index in [1.165, 1.54) is 0 Å². The number of aromatic nitrogens is 2. The third-order valence-corrected chi connectivity index (χ3v) is 3.63. The van der Waals surface area contributed by atoms with E-state index in [4.69, 9.17) is 15.2 Å². The van der Waals surface area contributed by atoms with Gasteiger partial charge in [-0.25, -0.2) is 4.98 Å². The summed E-state index contributed by atoms with van der Waals surface area (Å²) in [5, 5.41) is 2.79. The molecular formula is C18H18N4O4. The number of primary amides is 1. The van der Waals surface area contributed by atoms with Gasteiger partial charge in [0.25, 0.3) is 11.8 Å². The number of carbonyl (C=O) groups excluding carboxylic acids is 2. The minimum atomic E-state index is -0.582. The smallest absolute Gasteiger partial charge is 0.255 e. The Bertz CT molecular complexity index is 951. The maximum absolute atomic E-state index is 12.3. The summed E-state index contributed by atoms with van der Waals surface area (Å²) in [5.74, 6) is 0.883. The van der Waals surface area contributed by atoms with Gasteiger partial charge in [-0.2, -0.15) is 0 Å². The monoisotopic (exact) mass is 354 g/mol. The molecule has 1 heterocycles. The predicted octanol–water partition coefficient (Wildman–Crippen LogP) is 1.37. The molecule has 3 rings (SSSR count). The van der Waals surface area contributed by atoms with Crippen molar-refractivity contribution in [3.63, 3.8) is 0 Å². The molecule has 3 aromatic rings. The number of nitrogens with zero attached hydrogens (tertiary/aromatic N) is 1. The average Bonchev–Trinajstić information content (AvgIpc) is 3.06. The first-order chi connectivity index (χ1) is 12.5. The molecule has 4 N–H and O–H groups in total. The van der Waals surface area contributed by atoms with E-state index in [0.717, 1.165) is 16.8 Å². The summed E-state index contributed by atoms with van der Waals surface area (Å²) < 4.78 is 10.4.